The number of hydrogen-bond acceptors (Lipinski definition) is 5. The number of rotatable bonds is 4. The van der Waals surface area contributed by atoms with Gasteiger partial charge < -0.3 is 14.5 Å². The Kier molecular flexibility index (Phi) is 5.82. The van der Waals surface area contributed by atoms with Crippen LogP contribution in [0.1, 0.15) is 17.3 Å². The second-order valence-electron chi connectivity index (χ2n) is 5.81. The molecule has 0 unspecified atom stereocenters. The van der Waals surface area contributed by atoms with Crippen LogP contribution in [0.15, 0.2) is 41.8 Å². The van der Waals surface area contributed by atoms with Gasteiger partial charge in [0.25, 0.3) is 5.91 Å². The molecule has 2 amide bonds. The maximum absolute atomic E-state index is 12.7. The van der Waals surface area contributed by atoms with Gasteiger partial charge in [0.15, 0.2) is 5.16 Å². The van der Waals surface area contributed by atoms with Gasteiger partial charge in [0.1, 0.15) is 0 Å². The Morgan fingerprint density at radius 2 is 1.77 bits per heavy atom. The molecule has 2 heterocycles. The Morgan fingerprint density at radius 3 is 2.38 bits per heavy atom. The van der Waals surface area contributed by atoms with Crippen LogP contribution in [0.5, 0.6) is 0 Å². The number of piperazine rings is 1. The van der Waals surface area contributed by atoms with Gasteiger partial charge in [-0.3, -0.25) is 9.36 Å². The number of carbonyl (C=O) groups excluding carboxylic acids is 2. The summed E-state index contributed by atoms with van der Waals surface area (Å²) in [6.45, 7) is 4.16. The summed E-state index contributed by atoms with van der Waals surface area (Å²) < 4.78 is 6.99. The van der Waals surface area contributed by atoms with Gasteiger partial charge in [0.2, 0.25) is 0 Å². The minimum atomic E-state index is -0.311. The maximum Gasteiger partial charge on any atom is 0.409 e. The summed E-state index contributed by atoms with van der Waals surface area (Å²) in [6, 6.07) is 7.51. The largest absolute Gasteiger partial charge is 0.450 e. The van der Waals surface area contributed by atoms with Crippen molar-refractivity contribution in [3.05, 3.63) is 42.2 Å². The van der Waals surface area contributed by atoms with Crippen LogP contribution in [0.2, 0.25) is 0 Å². The van der Waals surface area contributed by atoms with Crippen molar-refractivity contribution in [2.75, 3.05) is 39.0 Å². The van der Waals surface area contributed by atoms with Gasteiger partial charge in [0, 0.05) is 49.8 Å². The predicted octanol–water partition coefficient (Wildman–Crippen LogP) is 2.51. The lowest BCUT2D eigenvalue weighted by atomic mass is 10.1. The van der Waals surface area contributed by atoms with Crippen LogP contribution in [0.25, 0.3) is 5.69 Å². The molecule has 0 saturated carbocycles. The molecule has 1 fully saturated rings. The molecule has 138 valence electrons. The summed E-state index contributed by atoms with van der Waals surface area (Å²) in [5, 5.41) is 0.902. The monoisotopic (exact) mass is 374 g/mol. The zero-order valence-corrected chi connectivity index (χ0v) is 15.7. The third-order valence-corrected chi connectivity index (χ3v) is 4.94. The highest BCUT2D eigenvalue weighted by atomic mass is 32.2. The summed E-state index contributed by atoms with van der Waals surface area (Å²) in [7, 11) is 0. The summed E-state index contributed by atoms with van der Waals surface area (Å²) in [4.78, 5) is 32.1. The number of imidazole rings is 1. The van der Waals surface area contributed by atoms with E-state index >= 15 is 0 Å². The van der Waals surface area contributed by atoms with Crippen LogP contribution in [0, 0.1) is 0 Å². The van der Waals surface area contributed by atoms with E-state index < -0.39 is 0 Å². The molecule has 0 spiro atoms. The fourth-order valence-corrected chi connectivity index (χ4v) is 3.42. The van der Waals surface area contributed by atoms with Crippen molar-refractivity contribution in [2.45, 2.75) is 12.1 Å². The molecule has 7 nitrogen and oxygen atoms in total. The zero-order valence-electron chi connectivity index (χ0n) is 14.9. The van der Waals surface area contributed by atoms with Crippen molar-refractivity contribution in [3.63, 3.8) is 0 Å². The first-order valence-electron chi connectivity index (χ1n) is 8.52. The second kappa shape index (κ2) is 8.27. The van der Waals surface area contributed by atoms with E-state index in [0.717, 1.165) is 10.8 Å². The van der Waals surface area contributed by atoms with Crippen LogP contribution < -0.4 is 0 Å². The molecule has 1 aliphatic rings. The van der Waals surface area contributed by atoms with Gasteiger partial charge in [-0.1, -0.05) is 11.8 Å². The van der Waals surface area contributed by atoms with Crippen LogP contribution in [0.4, 0.5) is 4.79 Å². The van der Waals surface area contributed by atoms with Gasteiger partial charge in [-0.2, -0.15) is 0 Å². The number of carbonyl (C=O) groups is 2. The standard InChI is InChI=1S/C18H22N4O3S/c1-3-25-18(24)21-12-10-20(11-13-21)16(23)14-4-6-15(7-5-14)22-9-8-19-17(22)26-2/h4-9H,3,10-13H2,1-2H3. The van der Waals surface area contributed by atoms with Crippen molar-refractivity contribution < 1.29 is 14.3 Å². The zero-order chi connectivity index (χ0) is 18.5. The van der Waals surface area contributed by atoms with Gasteiger partial charge in [-0.15, -0.1) is 0 Å². The Bertz CT molecular complexity index is 767. The Balaban J connectivity index is 1.63. The average Bonchev–Trinajstić information content (AvgIpc) is 3.17. The normalized spacial score (nSPS) is 14.4. The molecule has 0 radical (unpaired) electrons. The number of benzene rings is 1. The summed E-state index contributed by atoms with van der Waals surface area (Å²) in [6.07, 6.45) is 5.33. The molecule has 0 aliphatic carbocycles. The van der Waals surface area contributed by atoms with Gasteiger partial charge in [-0.25, -0.2) is 9.78 Å². The van der Waals surface area contributed by atoms with Gasteiger partial charge in [0.05, 0.1) is 6.61 Å². The SMILES string of the molecule is CCOC(=O)N1CCN(C(=O)c2ccc(-n3ccnc3SC)cc2)CC1. The third kappa shape index (κ3) is 3.85. The number of nitrogens with zero attached hydrogens (tertiary/aromatic N) is 4. The highest BCUT2D eigenvalue weighted by molar-refractivity contribution is 7.98. The molecule has 0 atom stereocenters. The van der Waals surface area contributed by atoms with Crippen LogP contribution in [0.3, 0.4) is 0 Å². The molecular formula is C18H22N4O3S. The van der Waals surface area contributed by atoms with E-state index in [9.17, 15) is 9.59 Å². The Labute approximate surface area is 156 Å². The molecule has 0 bridgehead atoms. The van der Waals surface area contributed by atoms with E-state index in [-0.39, 0.29) is 12.0 Å². The highest BCUT2D eigenvalue weighted by Gasteiger charge is 2.25. The number of hydrogen-bond donors (Lipinski definition) is 0. The van der Waals surface area contributed by atoms with E-state index in [2.05, 4.69) is 4.98 Å². The number of aromatic nitrogens is 2. The van der Waals surface area contributed by atoms with Crippen LogP contribution >= 0.6 is 11.8 Å². The summed E-state index contributed by atoms with van der Waals surface area (Å²) in [5.74, 6) is -0.0178. The minimum Gasteiger partial charge on any atom is -0.450 e. The molecule has 1 saturated heterocycles. The summed E-state index contributed by atoms with van der Waals surface area (Å²) in [5.41, 5.74) is 1.61. The number of ether oxygens (including phenoxy) is 1. The number of amides is 2. The molecule has 1 aromatic carbocycles. The Hall–Kier alpha value is -2.48. The summed E-state index contributed by atoms with van der Waals surface area (Å²) >= 11 is 1.57. The van der Waals surface area contributed by atoms with Crippen molar-refractivity contribution in [2.24, 2.45) is 0 Å². The molecule has 2 aromatic rings. The molecule has 1 aliphatic heterocycles. The first kappa shape index (κ1) is 18.3. The second-order valence-corrected chi connectivity index (χ2v) is 6.58. The van der Waals surface area contributed by atoms with Crippen molar-refractivity contribution in [3.8, 4) is 5.69 Å². The van der Waals surface area contributed by atoms with Crippen LogP contribution in [-0.4, -0.2) is 70.4 Å². The van der Waals surface area contributed by atoms with E-state index in [1.807, 2.05) is 41.3 Å². The first-order valence-corrected chi connectivity index (χ1v) is 9.75. The van der Waals surface area contributed by atoms with Crippen molar-refractivity contribution in [1.82, 2.24) is 19.4 Å². The minimum absolute atomic E-state index is 0.0178. The van der Waals surface area contributed by atoms with Gasteiger partial charge in [-0.05, 0) is 37.4 Å². The Morgan fingerprint density at radius 1 is 1.12 bits per heavy atom. The lowest BCUT2D eigenvalue weighted by molar-refractivity contribution is 0.0570. The molecule has 8 heteroatoms. The van der Waals surface area contributed by atoms with E-state index in [0.29, 0.717) is 38.3 Å². The molecular weight excluding hydrogens is 352 g/mol. The fraction of sp³-hybridized carbons (Fsp3) is 0.389. The molecule has 26 heavy (non-hydrogen) atoms. The van der Waals surface area contributed by atoms with Crippen LogP contribution in [-0.2, 0) is 4.74 Å². The average molecular weight is 374 g/mol. The number of thioether (sulfide) groups is 1. The van der Waals surface area contributed by atoms with E-state index in [4.69, 9.17) is 4.74 Å². The molecule has 3 rings (SSSR count). The highest BCUT2D eigenvalue weighted by Crippen LogP contribution is 2.19. The van der Waals surface area contributed by atoms with Gasteiger partial charge >= 0.3 is 6.09 Å². The predicted molar refractivity (Wildman–Crippen MR) is 99.8 cm³/mol. The first-order chi connectivity index (χ1) is 12.6. The smallest absolute Gasteiger partial charge is 0.409 e. The topological polar surface area (TPSA) is 67.7 Å². The van der Waals surface area contributed by atoms with Crippen molar-refractivity contribution >= 4 is 23.8 Å². The lowest BCUT2D eigenvalue weighted by Gasteiger charge is -2.34. The van der Waals surface area contributed by atoms with Crippen molar-refractivity contribution in [1.29, 1.82) is 0 Å². The van der Waals surface area contributed by atoms with E-state index in [1.54, 1.807) is 34.7 Å². The molecule has 1 aromatic heterocycles. The quantitative estimate of drug-likeness (QED) is 0.769. The van der Waals surface area contributed by atoms with E-state index in [1.165, 1.54) is 0 Å². The fourth-order valence-electron chi connectivity index (χ4n) is 2.89. The third-order valence-electron chi connectivity index (χ3n) is 4.27. The lowest BCUT2D eigenvalue weighted by Crippen LogP contribution is -2.50. The maximum atomic E-state index is 12.7. The molecule has 0 N–H and O–H groups in total.